The number of rotatable bonds is 9. The number of ether oxygens (including phenoxy) is 3. The number of carbonyl (C=O) groups excluding carboxylic acids is 1. The molecular weight excluding hydrogens is 592 g/mol. The Morgan fingerprint density at radius 1 is 1.00 bits per heavy atom. The van der Waals surface area contributed by atoms with E-state index in [2.05, 4.69) is 20.8 Å². The Balaban J connectivity index is 1.60. The number of aromatic nitrogens is 2. The molecule has 0 aliphatic carbocycles. The number of sulfonamides is 1. The third-order valence-electron chi connectivity index (χ3n) is 6.51. The Morgan fingerprint density at radius 2 is 1.67 bits per heavy atom. The molecule has 2 aromatic carbocycles. The predicted molar refractivity (Wildman–Crippen MR) is 163 cm³/mol. The molecule has 3 aromatic heterocycles. The van der Waals surface area contributed by atoms with Gasteiger partial charge in [-0.2, -0.15) is 5.26 Å². The molecule has 3 heterocycles. The highest BCUT2D eigenvalue weighted by molar-refractivity contribution is 7.92. The normalized spacial score (nSPS) is 11.1. The molecule has 0 atom stereocenters. The van der Waals surface area contributed by atoms with Crippen LogP contribution in [0, 0.1) is 11.3 Å². The molecule has 0 aliphatic heterocycles. The van der Waals surface area contributed by atoms with Gasteiger partial charge in [0.1, 0.15) is 33.0 Å². The van der Waals surface area contributed by atoms with E-state index in [4.69, 9.17) is 25.7 Å². The van der Waals surface area contributed by atoms with Crippen LogP contribution in [0.1, 0.15) is 20.8 Å². The minimum absolute atomic E-state index is 0.0473. The number of nitriles is 1. The van der Waals surface area contributed by atoms with E-state index in [0.717, 1.165) is 11.3 Å². The van der Waals surface area contributed by atoms with E-state index >= 15 is 0 Å². The molecule has 0 saturated heterocycles. The van der Waals surface area contributed by atoms with Crippen molar-refractivity contribution in [2.45, 2.75) is 4.90 Å². The summed E-state index contributed by atoms with van der Waals surface area (Å²) < 4.78 is 44.4. The molecule has 0 radical (unpaired) electrons. The van der Waals surface area contributed by atoms with Crippen molar-refractivity contribution in [3.8, 4) is 34.4 Å². The Kier molecular flexibility index (Phi) is 7.77. The largest absolute Gasteiger partial charge is 0.493 e. The van der Waals surface area contributed by atoms with Gasteiger partial charge in [-0.25, -0.2) is 18.4 Å². The molecule has 0 unspecified atom stereocenters. The first-order valence-electron chi connectivity index (χ1n) is 12.4. The standard InChI is InChI=1S/C29H24N6O6S2/c1-39-19-12-16(13-20(40-2)26(19)41-3)22-18(14-30)28(32)34-29-23(22)24(31)27(42-29)25(36)15-7-9-17(10-8-15)43(37,38)35-21-6-4-5-11-33-21/h4-13H,31H2,1-3H3,(H2,32,34)(H,33,35). The second-order valence-corrected chi connectivity index (χ2v) is 11.7. The number of thiophene rings is 1. The molecule has 0 bridgehead atoms. The van der Waals surface area contributed by atoms with Gasteiger partial charge in [-0.05, 0) is 54.1 Å². The SMILES string of the molecule is COc1cc(-c2c(C#N)c(N)nc3sc(C(=O)c4ccc(S(=O)(=O)Nc5ccccn5)cc4)c(N)c23)cc(OC)c1OC. The third-order valence-corrected chi connectivity index (χ3v) is 8.98. The van der Waals surface area contributed by atoms with E-state index in [1.807, 2.05) is 0 Å². The van der Waals surface area contributed by atoms with E-state index in [9.17, 15) is 18.5 Å². The summed E-state index contributed by atoms with van der Waals surface area (Å²) >= 11 is 1.01. The summed E-state index contributed by atoms with van der Waals surface area (Å²) in [7, 11) is 0.449. The number of nitrogens with zero attached hydrogens (tertiary/aromatic N) is 3. The summed E-state index contributed by atoms with van der Waals surface area (Å²) in [6.07, 6.45) is 1.46. The number of nitrogens with two attached hydrogens (primary N) is 2. The Labute approximate surface area is 250 Å². The number of methoxy groups -OCH3 is 3. The predicted octanol–water partition coefficient (Wildman–Crippen LogP) is 4.45. The maximum atomic E-state index is 13.6. The number of fused-ring (bicyclic) bond motifs is 1. The van der Waals surface area contributed by atoms with Crippen molar-refractivity contribution in [2.24, 2.45) is 0 Å². The lowest BCUT2D eigenvalue weighted by Crippen LogP contribution is -2.14. The van der Waals surface area contributed by atoms with E-state index in [1.165, 1.54) is 57.9 Å². The number of hydrogen-bond acceptors (Lipinski definition) is 12. The first kappa shape index (κ1) is 29.1. The van der Waals surface area contributed by atoms with Crippen LogP contribution in [-0.4, -0.2) is 45.5 Å². The summed E-state index contributed by atoms with van der Waals surface area (Å²) in [6.45, 7) is 0. The van der Waals surface area contributed by atoms with Gasteiger partial charge < -0.3 is 25.7 Å². The zero-order valence-electron chi connectivity index (χ0n) is 23.0. The monoisotopic (exact) mass is 616 g/mol. The number of anilines is 3. The molecule has 0 fully saturated rings. The van der Waals surface area contributed by atoms with Gasteiger partial charge in [-0.1, -0.05) is 6.07 Å². The van der Waals surface area contributed by atoms with Gasteiger partial charge in [0.25, 0.3) is 10.0 Å². The van der Waals surface area contributed by atoms with Gasteiger partial charge in [0.15, 0.2) is 11.5 Å². The van der Waals surface area contributed by atoms with Crippen molar-refractivity contribution in [2.75, 3.05) is 37.5 Å². The number of carbonyl (C=O) groups is 1. The van der Waals surface area contributed by atoms with Crippen LogP contribution in [-0.2, 0) is 10.0 Å². The number of pyridine rings is 2. The molecule has 43 heavy (non-hydrogen) atoms. The lowest BCUT2D eigenvalue weighted by Gasteiger charge is -2.16. The van der Waals surface area contributed by atoms with Crippen molar-refractivity contribution in [3.05, 3.63) is 76.8 Å². The van der Waals surface area contributed by atoms with E-state index in [1.54, 1.807) is 24.3 Å². The van der Waals surface area contributed by atoms with Crippen LogP contribution in [0.3, 0.4) is 0 Å². The quantitative estimate of drug-likeness (QED) is 0.198. The zero-order chi connectivity index (χ0) is 30.9. The Morgan fingerprint density at radius 3 is 2.23 bits per heavy atom. The molecule has 218 valence electrons. The number of hydrogen-bond donors (Lipinski definition) is 3. The van der Waals surface area contributed by atoms with Crippen LogP contribution in [0.25, 0.3) is 21.3 Å². The van der Waals surface area contributed by atoms with Gasteiger partial charge in [0.2, 0.25) is 11.5 Å². The minimum Gasteiger partial charge on any atom is -0.493 e. The van der Waals surface area contributed by atoms with Crippen LogP contribution >= 0.6 is 11.3 Å². The molecule has 12 nitrogen and oxygen atoms in total. The molecule has 0 amide bonds. The van der Waals surface area contributed by atoms with Crippen LogP contribution in [0.15, 0.2) is 65.7 Å². The second-order valence-electron chi connectivity index (χ2n) is 8.97. The summed E-state index contributed by atoms with van der Waals surface area (Å²) in [5.41, 5.74) is 13.9. The van der Waals surface area contributed by atoms with E-state index in [0.29, 0.717) is 38.6 Å². The Hall–Kier alpha value is -5.39. The van der Waals surface area contributed by atoms with Gasteiger partial charge >= 0.3 is 0 Å². The molecule has 5 rings (SSSR count). The molecule has 0 aliphatic rings. The lowest BCUT2D eigenvalue weighted by atomic mass is 9.96. The van der Waals surface area contributed by atoms with Crippen molar-refractivity contribution < 1.29 is 27.4 Å². The highest BCUT2D eigenvalue weighted by atomic mass is 32.2. The number of nitrogen functional groups attached to an aromatic ring is 2. The number of nitrogens with one attached hydrogen (secondary N) is 1. The second kappa shape index (κ2) is 11.5. The van der Waals surface area contributed by atoms with Gasteiger partial charge in [0.05, 0.1) is 31.9 Å². The van der Waals surface area contributed by atoms with Crippen molar-refractivity contribution >= 4 is 54.7 Å². The first-order chi connectivity index (χ1) is 20.6. The fourth-order valence-corrected chi connectivity index (χ4v) is 6.58. The first-order valence-corrected chi connectivity index (χ1v) is 14.7. The van der Waals surface area contributed by atoms with Gasteiger partial charge in [0, 0.05) is 22.7 Å². The molecule has 14 heteroatoms. The van der Waals surface area contributed by atoms with Gasteiger partial charge in [-0.15, -0.1) is 11.3 Å². The fourth-order valence-electron chi connectivity index (χ4n) is 4.50. The maximum Gasteiger partial charge on any atom is 0.263 e. The average Bonchev–Trinajstić information content (AvgIpc) is 3.34. The Bertz CT molecular complexity index is 2000. The van der Waals surface area contributed by atoms with Crippen molar-refractivity contribution in [3.63, 3.8) is 0 Å². The van der Waals surface area contributed by atoms with Crippen molar-refractivity contribution in [1.82, 2.24) is 9.97 Å². The number of benzene rings is 2. The average molecular weight is 617 g/mol. The van der Waals surface area contributed by atoms with Crippen LogP contribution in [0.2, 0.25) is 0 Å². The van der Waals surface area contributed by atoms with E-state index in [-0.39, 0.29) is 38.2 Å². The van der Waals surface area contributed by atoms with E-state index < -0.39 is 15.8 Å². The summed E-state index contributed by atoms with van der Waals surface area (Å²) in [5.74, 6) is 0.667. The fraction of sp³-hybridized carbons (Fsp3) is 0.103. The molecule has 5 aromatic rings. The van der Waals surface area contributed by atoms with Crippen LogP contribution in [0.4, 0.5) is 17.3 Å². The number of ketones is 1. The maximum absolute atomic E-state index is 13.6. The molecule has 0 spiro atoms. The molecular formula is C29H24N6O6S2. The van der Waals surface area contributed by atoms with Crippen LogP contribution in [0.5, 0.6) is 17.2 Å². The topological polar surface area (TPSA) is 193 Å². The lowest BCUT2D eigenvalue weighted by molar-refractivity contribution is 0.104. The summed E-state index contributed by atoms with van der Waals surface area (Å²) in [6, 6.07) is 15.6. The smallest absolute Gasteiger partial charge is 0.263 e. The molecule has 0 saturated carbocycles. The van der Waals surface area contributed by atoms with Gasteiger partial charge in [-0.3, -0.25) is 9.52 Å². The minimum atomic E-state index is -3.94. The summed E-state index contributed by atoms with van der Waals surface area (Å²) in [5, 5.41) is 10.4. The molecule has 5 N–H and O–H groups in total. The van der Waals surface area contributed by atoms with Crippen molar-refractivity contribution in [1.29, 1.82) is 5.26 Å². The zero-order valence-corrected chi connectivity index (χ0v) is 24.7. The highest BCUT2D eigenvalue weighted by Crippen LogP contribution is 2.47. The van der Waals surface area contributed by atoms with Crippen LogP contribution < -0.4 is 30.4 Å². The highest BCUT2D eigenvalue weighted by Gasteiger charge is 2.27. The summed E-state index contributed by atoms with van der Waals surface area (Å²) in [4.78, 5) is 22.4. The third kappa shape index (κ3) is 5.23.